The second-order valence-corrected chi connectivity index (χ2v) is 2.51. The van der Waals surface area contributed by atoms with E-state index in [1.165, 1.54) is 6.07 Å². The van der Waals surface area contributed by atoms with Gasteiger partial charge in [0.15, 0.2) is 0 Å². The third-order valence-corrected chi connectivity index (χ3v) is 1.66. The average Bonchev–Trinajstić information content (AvgIpc) is 1.99. The van der Waals surface area contributed by atoms with Gasteiger partial charge in [-0.25, -0.2) is 9.59 Å². The lowest BCUT2D eigenvalue weighted by molar-refractivity contribution is 0.0656. The Morgan fingerprint density at radius 3 is 2.50 bits per heavy atom. The molecule has 4 nitrogen and oxygen atoms in total. The van der Waals surface area contributed by atoms with Crippen LogP contribution in [-0.4, -0.2) is 11.1 Å². The van der Waals surface area contributed by atoms with Crippen molar-refractivity contribution >= 4 is 5.97 Å². The minimum absolute atomic E-state index is 0.317. The summed E-state index contributed by atoms with van der Waals surface area (Å²) in [6, 6.07) is 1.33. The van der Waals surface area contributed by atoms with E-state index in [-0.39, 0.29) is 5.76 Å². The molecule has 1 aromatic heterocycles. The Hall–Kier alpha value is -1.58. The van der Waals surface area contributed by atoms with Crippen molar-refractivity contribution in [2.24, 2.45) is 0 Å². The van der Waals surface area contributed by atoms with Crippen LogP contribution in [0.3, 0.4) is 0 Å². The summed E-state index contributed by atoms with van der Waals surface area (Å²) in [4.78, 5) is 21.3. The zero-order valence-corrected chi connectivity index (χ0v) is 6.75. The van der Waals surface area contributed by atoms with Crippen molar-refractivity contribution in [2.45, 2.75) is 13.8 Å². The molecule has 0 bridgehead atoms. The summed E-state index contributed by atoms with van der Waals surface area (Å²) >= 11 is 0. The second kappa shape index (κ2) is 2.81. The van der Waals surface area contributed by atoms with Gasteiger partial charge in [0.25, 0.3) is 0 Å². The molecule has 1 heterocycles. The van der Waals surface area contributed by atoms with E-state index in [1.54, 1.807) is 13.8 Å². The molecule has 1 rings (SSSR count). The van der Waals surface area contributed by atoms with Crippen molar-refractivity contribution < 1.29 is 14.3 Å². The molecule has 1 aromatic rings. The van der Waals surface area contributed by atoms with Gasteiger partial charge in [-0.15, -0.1) is 0 Å². The van der Waals surface area contributed by atoms with Gasteiger partial charge in [-0.05, 0) is 25.5 Å². The first kappa shape index (κ1) is 8.52. The number of carboxylic acid groups (broad SMARTS) is 1. The minimum atomic E-state index is -1.23. The molecule has 64 valence electrons. The van der Waals surface area contributed by atoms with E-state index in [2.05, 4.69) is 4.42 Å². The van der Waals surface area contributed by atoms with Gasteiger partial charge >= 0.3 is 11.6 Å². The van der Waals surface area contributed by atoms with E-state index in [1.807, 2.05) is 0 Å². The average molecular weight is 168 g/mol. The van der Waals surface area contributed by atoms with Crippen molar-refractivity contribution in [2.75, 3.05) is 0 Å². The smallest absolute Gasteiger partial charge is 0.371 e. The molecular weight excluding hydrogens is 160 g/mol. The Morgan fingerprint density at radius 2 is 2.08 bits per heavy atom. The molecule has 0 saturated heterocycles. The van der Waals surface area contributed by atoms with E-state index in [0.717, 1.165) is 0 Å². The van der Waals surface area contributed by atoms with Crippen molar-refractivity contribution in [1.82, 2.24) is 0 Å². The van der Waals surface area contributed by atoms with E-state index in [0.29, 0.717) is 11.1 Å². The van der Waals surface area contributed by atoms with E-state index in [9.17, 15) is 9.59 Å². The quantitative estimate of drug-likeness (QED) is 0.678. The Labute approximate surface area is 68.4 Å². The van der Waals surface area contributed by atoms with Gasteiger partial charge in [-0.3, -0.25) is 0 Å². The maximum atomic E-state index is 10.9. The van der Waals surface area contributed by atoms with Crippen LogP contribution in [0, 0.1) is 13.8 Å². The molecule has 0 aliphatic carbocycles. The normalized spacial score (nSPS) is 9.83. The van der Waals surface area contributed by atoms with Gasteiger partial charge in [-0.1, -0.05) is 0 Å². The first-order valence-corrected chi connectivity index (χ1v) is 3.37. The van der Waals surface area contributed by atoms with Crippen LogP contribution in [0.2, 0.25) is 0 Å². The Bertz CT molecular complexity index is 375. The third kappa shape index (κ3) is 1.37. The fourth-order valence-corrected chi connectivity index (χ4v) is 0.777. The SMILES string of the molecule is Cc1cc(C(=O)O)oc(=O)c1C. The van der Waals surface area contributed by atoms with E-state index in [4.69, 9.17) is 5.11 Å². The van der Waals surface area contributed by atoms with Gasteiger partial charge < -0.3 is 9.52 Å². The lowest BCUT2D eigenvalue weighted by Gasteiger charge is -1.97. The number of hydrogen-bond donors (Lipinski definition) is 1. The van der Waals surface area contributed by atoms with E-state index >= 15 is 0 Å². The van der Waals surface area contributed by atoms with Crippen LogP contribution in [0.5, 0.6) is 0 Å². The molecular formula is C8H8O4. The number of rotatable bonds is 1. The topological polar surface area (TPSA) is 67.5 Å². The summed E-state index contributed by atoms with van der Waals surface area (Å²) in [6.07, 6.45) is 0. The zero-order chi connectivity index (χ0) is 9.30. The van der Waals surface area contributed by atoms with Crippen molar-refractivity contribution in [1.29, 1.82) is 0 Å². The minimum Gasteiger partial charge on any atom is -0.475 e. The Balaban J connectivity index is 3.41. The highest BCUT2D eigenvalue weighted by Crippen LogP contribution is 2.04. The number of carbonyl (C=O) groups is 1. The largest absolute Gasteiger partial charge is 0.475 e. The predicted octanol–water partition coefficient (Wildman–Crippen LogP) is 0.955. The van der Waals surface area contributed by atoms with Crippen LogP contribution < -0.4 is 5.63 Å². The van der Waals surface area contributed by atoms with E-state index < -0.39 is 11.6 Å². The standard InChI is InChI=1S/C8H8O4/c1-4-3-6(7(9)10)12-8(11)5(4)2/h3H,1-2H3,(H,9,10). The molecule has 0 aliphatic heterocycles. The summed E-state index contributed by atoms with van der Waals surface area (Å²) in [5, 5.41) is 8.49. The number of aromatic carboxylic acids is 1. The summed E-state index contributed by atoms with van der Waals surface area (Å²) in [5.41, 5.74) is 0.482. The molecule has 0 aromatic carbocycles. The summed E-state index contributed by atoms with van der Waals surface area (Å²) in [7, 11) is 0. The van der Waals surface area contributed by atoms with Crippen LogP contribution >= 0.6 is 0 Å². The third-order valence-electron chi connectivity index (χ3n) is 1.66. The Morgan fingerprint density at radius 1 is 1.50 bits per heavy atom. The monoisotopic (exact) mass is 168 g/mol. The first-order valence-electron chi connectivity index (χ1n) is 3.37. The molecule has 12 heavy (non-hydrogen) atoms. The fourth-order valence-electron chi connectivity index (χ4n) is 0.777. The van der Waals surface area contributed by atoms with Crippen LogP contribution in [0.15, 0.2) is 15.3 Å². The van der Waals surface area contributed by atoms with Crippen molar-refractivity contribution in [3.63, 3.8) is 0 Å². The molecule has 0 amide bonds. The highest BCUT2D eigenvalue weighted by atomic mass is 16.4. The predicted molar refractivity (Wildman–Crippen MR) is 41.4 cm³/mol. The van der Waals surface area contributed by atoms with Gasteiger partial charge in [0.2, 0.25) is 5.76 Å². The summed E-state index contributed by atoms with van der Waals surface area (Å²) in [6.45, 7) is 3.26. The van der Waals surface area contributed by atoms with Crippen LogP contribution in [0.4, 0.5) is 0 Å². The number of aryl methyl sites for hydroxylation is 1. The molecule has 1 N–H and O–H groups in total. The molecule has 0 fully saturated rings. The van der Waals surface area contributed by atoms with Gasteiger partial charge in [0, 0.05) is 5.56 Å². The maximum absolute atomic E-state index is 10.9. The first-order chi connectivity index (χ1) is 5.52. The molecule has 4 heteroatoms. The summed E-state index contributed by atoms with van der Waals surface area (Å²) in [5.74, 6) is -1.54. The highest BCUT2D eigenvalue weighted by molar-refractivity contribution is 5.84. The van der Waals surface area contributed by atoms with Crippen LogP contribution in [0.1, 0.15) is 21.7 Å². The maximum Gasteiger partial charge on any atom is 0.371 e. The second-order valence-electron chi connectivity index (χ2n) is 2.51. The number of carboxylic acids is 1. The lowest BCUT2D eigenvalue weighted by Crippen LogP contribution is -2.10. The van der Waals surface area contributed by atoms with Crippen molar-refractivity contribution in [3.05, 3.63) is 33.4 Å². The molecule has 0 saturated carbocycles. The highest BCUT2D eigenvalue weighted by Gasteiger charge is 2.09. The van der Waals surface area contributed by atoms with Crippen LogP contribution in [0.25, 0.3) is 0 Å². The zero-order valence-electron chi connectivity index (χ0n) is 6.75. The lowest BCUT2D eigenvalue weighted by atomic mass is 10.2. The Kier molecular flexibility index (Phi) is 1.99. The molecule has 0 spiro atoms. The molecule has 0 unspecified atom stereocenters. The number of hydrogen-bond acceptors (Lipinski definition) is 3. The molecule has 0 atom stereocenters. The van der Waals surface area contributed by atoms with Crippen LogP contribution in [-0.2, 0) is 0 Å². The van der Waals surface area contributed by atoms with Gasteiger partial charge in [0.05, 0.1) is 0 Å². The van der Waals surface area contributed by atoms with Crippen molar-refractivity contribution in [3.8, 4) is 0 Å². The van der Waals surface area contributed by atoms with Gasteiger partial charge in [0.1, 0.15) is 0 Å². The summed E-state index contributed by atoms with van der Waals surface area (Å²) < 4.78 is 4.50. The molecule has 0 radical (unpaired) electrons. The fraction of sp³-hybridized carbons (Fsp3) is 0.250. The molecule has 0 aliphatic rings. The van der Waals surface area contributed by atoms with Gasteiger partial charge in [-0.2, -0.15) is 0 Å².